The Hall–Kier alpha value is -2.30. The fraction of sp³-hybridized carbons (Fsp3) is 0.849. The number of nitrogens with one attached hydrogen (secondary N) is 3. The van der Waals surface area contributed by atoms with Gasteiger partial charge < -0.3 is 62.1 Å². The van der Waals surface area contributed by atoms with Crippen LogP contribution in [0.3, 0.4) is 0 Å². The van der Waals surface area contributed by atoms with Gasteiger partial charge in [-0.2, -0.15) is 11.1 Å². The summed E-state index contributed by atoms with van der Waals surface area (Å²) in [6.45, 7) is 93.3. The Bertz CT molecular complexity index is 3110. The van der Waals surface area contributed by atoms with Crippen molar-refractivity contribution in [2.75, 3.05) is 28.3 Å². The van der Waals surface area contributed by atoms with E-state index in [1.165, 1.54) is 12.2 Å². The lowest BCUT2D eigenvalue weighted by molar-refractivity contribution is -0.177. The van der Waals surface area contributed by atoms with E-state index in [1.807, 2.05) is 99.6 Å². The van der Waals surface area contributed by atoms with Gasteiger partial charge in [0.05, 0.1) is 86.5 Å². The fourth-order valence-electron chi connectivity index (χ4n) is 11.7. The SMILES string of the molecule is C/C=C/[C@@H](O)[C@H](C)[C@H](O[Si](C)(C)C(C)(C)C)[C@@H](C)C(=O)N(C)OC.C/C=C/[C@@H]1NC(=O)[C@H](C)[C@@H](O[Si](C)(C)C(C)(C)C)[C@H]1C.C/C=C/[C@H]1OC(=O)[C@H](C)[C@@H](O)[C@H]1C.C/C=C/[C@H]1OC(=O)[C@H](C)[C@@H](O[Si](C)(C)C(C)(C)C)[C@H]1C.CC(C)(C)[Si](C)(C)Cl.CNOC.C[C@@H]1[C@H](O[Si](C)(C)C(C)(C)C)[C@@H](C)C(=O)N[C@H]1C[C@@H](C=O)O[Si](C)(C)C(C)(C)C.[CH3][Al]([CH3])[CH3]. The maximum absolute atomic E-state index is 12.7. The predicted octanol–water partition coefficient (Wildman–Crippen LogP) is 22.1. The van der Waals surface area contributed by atoms with E-state index in [2.05, 4.69) is 268 Å². The van der Waals surface area contributed by atoms with Crippen molar-refractivity contribution in [3.63, 3.8) is 0 Å². The first kappa shape index (κ1) is 126. The minimum absolute atomic E-state index is 0.00541. The largest absolute Gasteiger partial charge is 0.457 e. The molecule has 4 saturated heterocycles. The molecule has 3 amide bonds. The average molecular weight is 1870 g/mol. The third-order valence-electron chi connectivity index (χ3n) is 26.9. The number of aldehydes is 1. The number of carbonyl (C=O) groups is 6. The van der Waals surface area contributed by atoms with Gasteiger partial charge in [-0.3, -0.25) is 28.8 Å². The van der Waals surface area contributed by atoms with Crippen LogP contribution in [0.1, 0.15) is 228 Å². The van der Waals surface area contributed by atoms with E-state index in [0.717, 1.165) is 6.29 Å². The van der Waals surface area contributed by atoms with Crippen LogP contribution in [0, 0.1) is 59.2 Å². The van der Waals surface area contributed by atoms with E-state index in [1.54, 1.807) is 40.3 Å². The first-order valence-corrected chi connectivity index (χ1v) is 67.1. The molecule has 4 aliphatic rings. The number of hydrogen-bond donors (Lipinski definition) is 5. The van der Waals surface area contributed by atoms with Gasteiger partial charge in [-0.05, 0) is 156 Å². The molecule has 21 atom stereocenters. The summed E-state index contributed by atoms with van der Waals surface area (Å²) >= 11 is 6.01. The van der Waals surface area contributed by atoms with Gasteiger partial charge in [0.25, 0.3) is 20.1 Å². The zero-order chi connectivity index (χ0) is 97.7. The predicted molar refractivity (Wildman–Crippen MR) is 530 cm³/mol. The van der Waals surface area contributed by atoms with Gasteiger partial charge in [0, 0.05) is 49.7 Å². The monoisotopic (exact) mass is 1870 g/mol. The number of ether oxygens (including phenoxy) is 2. The third-order valence-corrected chi connectivity index (χ3v) is 54.6. The second-order valence-corrected chi connectivity index (χ2v) is 78.8. The van der Waals surface area contributed by atoms with Crippen LogP contribution in [0.4, 0.5) is 0 Å². The topological polar surface area (TPSA) is 265 Å². The van der Waals surface area contributed by atoms with Crippen LogP contribution in [-0.2, 0) is 70.0 Å². The molecule has 4 rings (SSSR count). The molecule has 0 aromatic heterocycles. The maximum Gasteiger partial charge on any atom is 0.311 e. The lowest BCUT2D eigenvalue weighted by Gasteiger charge is -2.47. The summed E-state index contributed by atoms with van der Waals surface area (Å²) in [6.07, 6.45) is 13.8. The molecule has 0 unspecified atom stereocenters. The molecule has 0 aromatic carbocycles. The van der Waals surface area contributed by atoms with E-state index >= 15 is 0 Å². The standard InChI is InChI=1S/C22H45NO4Si2.C18H37NO4Si.C16H31NO2Si.C16H30O3Si.C10H16O3.C6H15ClSi.C2H7NO.3CH3.Al/c1-15-18(13-17(14-24)26-28(9,10)21(3,4)5)23-20(25)16(2)19(15)27-29(11,12)22(6,7)8;1-11-12-15(20)13(2)16(14(3)17(21)19(7)22-8)23-24(9,10)18(4,5)6;1-9-10-13-11(2)14(12(3)15(18)17-13)19-20(7,8)16(4,5)6;1-9-10-13-11(2)14(12(3)15(17)18-13)19-20(7,8)16(4,5)6;1-4-5-8-6(2)9(11)7(3)10(12)13-8;1-6(2,3)8(4,5)7;1-3-4-2;;;;/h14-19H,13H2,1-12H3,(H,23,25);11-16,20H,1-10H3;9-14H,1-8H3,(H,17,18);9-14H,1-8H3;4-9,11H,1-3H3;1-5H3;3H,1-2H3;3*1H3;/b;12-11+;2*10-9+;5-4+;;;;;;/t15-,16+,17-,18-,19-;13-,14+,15+,16-;11-,12+,13-,14-;11-,12+,13+,14-;6-,7+,8+,9-;;;;;;/m00000....../s1. The van der Waals surface area contributed by atoms with Crippen LogP contribution in [0.25, 0.3) is 0 Å². The van der Waals surface area contributed by atoms with Gasteiger partial charge in [0.15, 0.2) is 49.0 Å². The minimum Gasteiger partial charge on any atom is -0.457 e. The van der Waals surface area contributed by atoms with Gasteiger partial charge >= 0.3 is 11.9 Å². The normalized spacial score (nSPS) is 26.7. The van der Waals surface area contributed by atoms with Crippen LogP contribution >= 0.6 is 11.1 Å². The summed E-state index contributed by atoms with van der Waals surface area (Å²) < 4.78 is 43.3. The molecule has 0 saturated carbocycles. The number of nitrogens with zero attached hydrogens (tertiary/aromatic N) is 1. The van der Waals surface area contributed by atoms with Crippen molar-refractivity contribution in [1.29, 1.82) is 0 Å². The molecule has 29 heteroatoms. The van der Waals surface area contributed by atoms with Crippen LogP contribution in [-0.4, -0.2) is 210 Å². The maximum atomic E-state index is 12.7. The molecule has 0 spiro atoms. The summed E-state index contributed by atoms with van der Waals surface area (Å²) in [6, 6.07) is -0.0492. The number of carbonyl (C=O) groups excluding carboxylic acids is 6. The van der Waals surface area contributed by atoms with E-state index < -0.39 is 79.1 Å². The van der Waals surface area contributed by atoms with Gasteiger partial charge in [-0.25, -0.2) is 10.5 Å². The Kier molecular flexibility index (Phi) is 55.0. The fourth-order valence-corrected chi connectivity index (χ4v) is 18.7. The summed E-state index contributed by atoms with van der Waals surface area (Å²) in [7, 11) is -5.00. The molecule has 122 heavy (non-hydrogen) atoms. The van der Waals surface area contributed by atoms with Crippen molar-refractivity contribution in [2.45, 2.75) is 421 Å². The highest BCUT2D eigenvalue weighted by atomic mass is 35.6. The van der Waals surface area contributed by atoms with Crippen LogP contribution in [0.2, 0.25) is 126 Å². The van der Waals surface area contributed by atoms with E-state index in [0.29, 0.717) is 17.4 Å². The molecule has 4 heterocycles. The van der Waals surface area contributed by atoms with Crippen LogP contribution in [0.15, 0.2) is 48.6 Å². The van der Waals surface area contributed by atoms with E-state index in [4.69, 9.17) is 47.5 Å². The van der Waals surface area contributed by atoms with E-state index in [9.17, 15) is 39.0 Å². The molecule has 0 aliphatic carbocycles. The van der Waals surface area contributed by atoms with Gasteiger partial charge in [-0.15, -0.1) is 17.4 Å². The number of rotatable bonds is 23. The number of amides is 3. The second-order valence-electron chi connectivity index (χ2n) is 44.3. The highest BCUT2D eigenvalue weighted by Crippen LogP contribution is 2.46. The van der Waals surface area contributed by atoms with Gasteiger partial charge in [0.2, 0.25) is 11.8 Å². The number of hydroxylamine groups is 3. The average Bonchev–Trinajstić information content (AvgIpc) is 0.791. The number of aliphatic hydroxyl groups is 2. The Labute approximate surface area is 763 Å². The smallest absolute Gasteiger partial charge is 0.311 e. The first-order valence-electron chi connectivity index (χ1n) is 45.1. The minimum atomic E-state index is -2.10. The summed E-state index contributed by atoms with van der Waals surface area (Å²) in [5.41, 5.74) is 2.43. The number of halogens is 1. The number of hydrogen-bond acceptors (Lipinski definition) is 18. The molecule has 0 bridgehead atoms. The first-order chi connectivity index (χ1) is 54.6. The third kappa shape index (κ3) is 41.0. The molecule has 5 N–H and O–H groups in total. The van der Waals surface area contributed by atoms with Crippen molar-refractivity contribution in [2.24, 2.45) is 59.2 Å². The van der Waals surface area contributed by atoms with Crippen LogP contribution < -0.4 is 16.1 Å². The highest BCUT2D eigenvalue weighted by molar-refractivity contribution is 7.20. The molecule has 21 nitrogen and oxygen atoms in total. The Balaban J connectivity index is -0.000000690. The summed E-state index contributed by atoms with van der Waals surface area (Å²) in [4.78, 5) is 81.9. The van der Waals surface area contributed by atoms with Crippen LogP contribution in [0.5, 0.6) is 0 Å². The van der Waals surface area contributed by atoms with Crippen molar-refractivity contribution < 1.29 is 80.3 Å². The van der Waals surface area contributed by atoms with Crippen molar-refractivity contribution >= 4 is 110 Å². The summed E-state index contributed by atoms with van der Waals surface area (Å²) in [5.74, 6) is 5.49. The Morgan fingerprint density at radius 3 is 1.18 bits per heavy atom. The Morgan fingerprint density at radius 2 is 0.861 bits per heavy atom. The number of allylic oxidation sites excluding steroid dienone is 4. The molecule has 718 valence electrons. The quantitative estimate of drug-likeness (QED) is 0.0159. The van der Waals surface area contributed by atoms with Crippen molar-refractivity contribution in [3.8, 4) is 0 Å². The van der Waals surface area contributed by atoms with Gasteiger partial charge in [-0.1, -0.05) is 230 Å². The zero-order valence-electron chi connectivity index (χ0n) is 87.4. The van der Waals surface area contributed by atoms with E-state index in [-0.39, 0.29) is 159 Å². The van der Waals surface area contributed by atoms with Crippen molar-refractivity contribution in [1.82, 2.24) is 21.2 Å². The number of esters is 2. The van der Waals surface area contributed by atoms with Crippen molar-refractivity contribution in [3.05, 3.63) is 48.6 Å². The highest BCUT2D eigenvalue weighted by Gasteiger charge is 2.52. The molecule has 0 radical (unpaired) electrons. The number of cyclic esters (lactones) is 2. The summed E-state index contributed by atoms with van der Waals surface area (Å²) in [5, 5.41) is 28.3. The molecular formula is C93H190AlClN4O17Si6. The Morgan fingerprint density at radius 1 is 0.533 bits per heavy atom. The molecule has 0 aromatic rings. The molecule has 4 fully saturated rings. The second kappa shape index (κ2) is 53.3. The number of piperidine rings is 2. The zero-order valence-corrected chi connectivity index (χ0v) is 95.4. The molecular weight excluding hydrogens is 1680 g/mol. The van der Waals surface area contributed by atoms with Gasteiger partial charge in [0.1, 0.15) is 24.6 Å². The lowest BCUT2D eigenvalue weighted by Crippen LogP contribution is -2.60. The lowest BCUT2D eigenvalue weighted by atomic mass is 9.81. The number of aliphatic hydroxyl groups excluding tert-OH is 2. The molecule has 4 aliphatic heterocycles.